The molecule has 0 spiro atoms. The Morgan fingerprint density at radius 1 is 0.935 bits per heavy atom. The Balaban J connectivity index is 1.52. The van der Waals surface area contributed by atoms with Gasteiger partial charge in [-0.1, -0.05) is 44.2 Å². The number of ether oxygens (including phenoxy) is 1. The Labute approximate surface area is 195 Å². The van der Waals surface area contributed by atoms with Crippen LogP contribution in [0.1, 0.15) is 87.9 Å². The molecular weight excluding hydrogens is 408 g/mol. The molecule has 1 aliphatic carbocycles. The van der Waals surface area contributed by atoms with Gasteiger partial charge in [0.2, 0.25) is 0 Å². The minimum absolute atomic E-state index is 0.0806. The maximum absolute atomic E-state index is 12.7. The van der Waals surface area contributed by atoms with E-state index in [1.165, 1.54) is 51.6 Å². The van der Waals surface area contributed by atoms with Gasteiger partial charge in [0, 0.05) is 30.3 Å². The van der Waals surface area contributed by atoms with Crippen molar-refractivity contribution in [2.24, 2.45) is 0 Å². The van der Waals surface area contributed by atoms with E-state index >= 15 is 0 Å². The Hall–Kier alpha value is -1.10. The molecule has 1 amide bonds. The number of carbonyl (C=O) groups excluding carboxylic acids is 1. The average Bonchev–Trinajstić information content (AvgIpc) is 2.78. The molecule has 4 nitrogen and oxygen atoms in total. The molecule has 1 saturated carbocycles. The Kier molecular flexibility index (Phi) is 12.5. The summed E-state index contributed by atoms with van der Waals surface area (Å²) in [4.78, 5) is 17.1. The van der Waals surface area contributed by atoms with Gasteiger partial charge in [-0.3, -0.25) is 4.79 Å². The van der Waals surface area contributed by atoms with Crippen molar-refractivity contribution in [2.75, 3.05) is 33.8 Å². The van der Waals surface area contributed by atoms with E-state index in [1.807, 2.05) is 11.9 Å². The van der Waals surface area contributed by atoms with Crippen LogP contribution in [-0.4, -0.2) is 61.6 Å². The molecule has 0 aliphatic heterocycles. The lowest BCUT2D eigenvalue weighted by Crippen LogP contribution is -2.40. The molecule has 1 aromatic carbocycles. The van der Waals surface area contributed by atoms with Gasteiger partial charge < -0.3 is 14.5 Å². The molecule has 0 heterocycles. The van der Waals surface area contributed by atoms with E-state index in [0.29, 0.717) is 22.7 Å². The highest BCUT2D eigenvalue weighted by atomic mass is 35.5. The molecule has 1 fully saturated rings. The van der Waals surface area contributed by atoms with E-state index < -0.39 is 0 Å². The summed E-state index contributed by atoms with van der Waals surface area (Å²) in [6.07, 6.45) is 13.5. The van der Waals surface area contributed by atoms with Crippen LogP contribution in [0.2, 0.25) is 5.02 Å². The van der Waals surface area contributed by atoms with Gasteiger partial charge in [-0.05, 0) is 89.3 Å². The lowest BCUT2D eigenvalue weighted by atomic mass is 9.91. The highest BCUT2D eigenvalue weighted by molar-refractivity contribution is 6.30. The average molecular weight is 451 g/mol. The van der Waals surface area contributed by atoms with Crippen LogP contribution in [0.3, 0.4) is 0 Å². The number of hydrogen-bond donors (Lipinski definition) is 0. The minimum Gasteiger partial charge on any atom is -0.378 e. The molecule has 0 atom stereocenters. The first-order valence-electron chi connectivity index (χ1n) is 12.3. The first kappa shape index (κ1) is 26.2. The molecule has 0 aromatic heterocycles. The van der Waals surface area contributed by atoms with E-state index in [-0.39, 0.29) is 5.91 Å². The zero-order chi connectivity index (χ0) is 22.5. The quantitative estimate of drug-likeness (QED) is 0.306. The zero-order valence-corrected chi connectivity index (χ0v) is 20.7. The van der Waals surface area contributed by atoms with Gasteiger partial charge in [-0.15, -0.1) is 0 Å². The van der Waals surface area contributed by atoms with Crippen molar-refractivity contribution in [3.05, 3.63) is 34.9 Å². The molecule has 0 unspecified atom stereocenters. The lowest BCUT2D eigenvalue weighted by molar-refractivity contribution is 0.00907. The number of carbonyl (C=O) groups is 1. The standard InChI is InChI=1S/C26H43ClN2O2/c1-4-5-8-19-28(2)20-9-6-7-10-21-31-25-17-15-24(16-18-25)29(3)26(30)22-11-13-23(27)14-12-22/h11-14,24-25H,4-10,15-21H2,1-3H3. The van der Waals surface area contributed by atoms with Crippen molar-refractivity contribution in [1.29, 1.82) is 0 Å². The van der Waals surface area contributed by atoms with Crippen molar-refractivity contribution in [2.45, 2.75) is 89.7 Å². The van der Waals surface area contributed by atoms with Crippen molar-refractivity contribution >= 4 is 17.5 Å². The van der Waals surface area contributed by atoms with Gasteiger partial charge in [-0.2, -0.15) is 0 Å². The third kappa shape index (κ3) is 9.93. The molecular formula is C26H43ClN2O2. The molecule has 2 rings (SSSR count). The van der Waals surface area contributed by atoms with E-state index in [2.05, 4.69) is 18.9 Å². The summed E-state index contributed by atoms with van der Waals surface area (Å²) >= 11 is 5.93. The Morgan fingerprint density at radius 2 is 1.55 bits per heavy atom. The molecule has 5 heteroatoms. The summed E-state index contributed by atoms with van der Waals surface area (Å²) in [5, 5.41) is 0.659. The highest BCUT2D eigenvalue weighted by Crippen LogP contribution is 2.26. The number of halogens is 1. The van der Waals surface area contributed by atoms with Gasteiger partial charge in [0.05, 0.1) is 6.10 Å². The number of benzene rings is 1. The predicted molar refractivity (Wildman–Crippen MR) is 131 cm³/mol. The van der Waals surface area contributed by atoms with Crippen LogP contribution in [-0.2, 0) is 4.74 Å². The largest absolute Gasteiger partial charge is 0.378 e. The number of nitrogens with zero attached hydrogens (tertiary/aromatic N) is 2. The second-order valence-corrected chi connectivity index (χ2v) is 9.59. The van der Waals surface area contributed by atoms with Crippen LogP contribution in [0, 0.1) is 0 Å². The summed E-state index contributed by atoms with van der Waals surface area (Å²) in [6.45, 7) is 5.59. The summed E-state index contributed by atoms with van der Waals surface area (Å²) in [6, 6.07) is 7.47. The number of unbranched alkanes of at least 4 members (excludes halogenated alkanes) is 5. The molecule has 0 saturated heterocycles. The van der Waals surface area contributed by atoms with Crippen molar-refractivity contribution in [3.8, 4) is 0 Å². The van der Waals surface area contributed by atoms with Crippen molar-refractivity contribution < 1.29 is 9.53 Å². The van der Waals surface area contributed by atoms with Crippen LogP contribution in [0.5, 0.6) is 0 Å². The molecule has 31 heavy (non-hydrogen) atoms. The van der Waals surface area contributed by atoms with E-state index in [4.69, 9.17) is 16.3 Å². The number of amides is 1. The molecule has 176 valence electrons. The van der Waals surface area contributed by atoms with Crippen molar-refractivity contribution in [1.82, 2.24) is 9.80 Å². The first-order chi connectivity index (χ1) is 15.0. The van der Waals surface area contributed by atoms with Crippen LogP contribution in [0.25, 0.3) is 0 Å². The third-order valence-electron chi connectivity index (χ3n) is 6.53. The van der Waals surface area contributed by atoms with E-state index in [9.17, 15) is 4.79 Å². The minimum atomic E-state index is 0.0806. The van der Waals surface area contributed by atoms with Gasteiger partial charge >= 0.3 is 0 Å². The highest BCUT2D eigenvalue weighted by Gasteiger charge is 2.27. The maximum atomic E-state index is 12.7. The molecule has 0 radical (unpaired) electrons. The van der Waals surface area contributed by atoms with Crippen LogP contribution in [0.15, 0.2) is 24.3 Å². The number of rotatable bonds is 14. The number of hydrogen-bond acceptors (Lipinski definition) is 3. The smallest absolute Gasteiger partial charge is 0.253 e. The fourth-order valence-corrected chi connectivity index (χ4v) is 4.52. The SMILES string of the molecule is CCCCCN(C)CCCCCCOC1CCC(N(C)C(=O)c2ccc(Cl)cc2)CC1. The lowest BCUT2D eigenvalue weighted by Gasteiger charge is -2.34. The second kappa shape index (κ2) is 14.9. The maximum Gasteiger partial charge on any atom is 0.253 e. The first-order valence-corrected chi connectivity index (χ1v) is 12.7. The third-order valence-corrected chi connectivity index (χ3v) is 6.79. The van der Waals surface area contributed by atoms with Gasteiger partial charge in [-0.25, -0.2) is 0 Å². The van der Waals surface area contributed by atoms with Crippen LogP contribution in [0.4, 0.5) is 0 Å². The monoisotopic (exact) mass is 450 g/mol. The molecule has 1 aromatic rings. The van der Waals surface area contributed by atoms with Gasteiger partial charge in [0.15, 0.2) is 0 Å². The zero-order valence-electron chi connectivity index (χ0n) is 20.0. The molecule has 1 aliphatic rings. The van der Waals surface area contributed by atoms with Crippen LogP contribution >= 0.6 is 11.6 Å². The van der Waals surface area contributed by atoms with Gasteiger partial charge in [0.1, 0.15) is 0 Å². The fraction of sp³-hybridized carbons (Fsp3) is 0.731. The van der Waals surface area contributed by atoms with E-state index in [1.54, 1.807) is 24.3 Å². The summed E-state index contributed by atoms with van der Waals surface area (Å²) in [5.74, 6) is 0.0806. The fourth-order valence-electron chi connectivity index (χ4n) is 4.39. The molecule has 0 bridgehead atoms. The summed E-state index contributed by atoms with van der Waals surface area (Å²) in [5.41, 5.74) is 0.706. The summed E-state index contributed by atoms with van der Waals surface area (Å²) < 4.78 is 6.13. The predicted octanol–water partition coefficient (Wildman–Crippen LogP) is 6.42. The molecule has 0 N–H and O–H groups in total. The second-order valence-electron chi connectivity index (χ2n) is 9.15. The van der Waals surface area contributed by atoms with Crippen molar-refractivity contribution in [3.63, 3.8) is 0 Å². The Morgan fingerprint density at radius 3 is 2.19 bits per heavy atom. The van der Waals surface area contributed by atoms with E-state index in [0.717, 1.165) is 38.7 Å². The van der Waals surface area contributed by atoms with Gasteiger partial charge in [0.25, 0.3) is 5.91 Å². The Bertz CT molecular complexity index is 614. The topological polar surface area (TPSA) is 32.8 Å². The normalized spacial score (nSPS) is 19.0. The van der Waals surface area contributed by atoms with Crippen LogP contribution < -0.4 is 0 Å². The summed E-state index contributed by atoms with van der Waals surface area (Å²) in [7, 11) is 4.17.